The smallest absolute Gasteiger partial charge is 0.185 e. The van der Waals surface area contributed by atoms with Gasteiger partial charge in [-0.3, -0.25) is 4.99 Å². The molecule has 0 atom stereocenters. The fraction of sp³-hybridized carbons (Fsp3) is 0.500. The molecule has 0 fully saturated rings. The van der Waals surface area contributed by atoms with Gasteiger partial charge in [0.1, 0.15) is 0 Å². The van der Waals surface area contributed by atoms with Crippen molar-refractivity contribution in [1.82, 2.24) is 9.55 Å². The SMILES string of the molecule is Cn1cnc(CCCN=C(N)N)c1. The minimum atomic E-state index is 0.154. The third-order valence-corrected chi connectivity index (χ3v) is 1.64. The number of aromatic nitrogens is 2. The van der Waals surface area contributed by atoms with E-state index in [1.165, 1.54) is 0 Å². The van der Waals surface area contributed by atoms with E-state index in [1.54, 1.807) is 6.33 Å². The summed E-state index contributed by atoms with van der Waals surface area (Å²) in [6, 6.07) is 0. The first-order chi connectivity index (χ1) is 6.18. The van der Waals surface area contributed by atoms with Gasteiger partial charge < -0.3 is 16.0 Å². The fourth-order valence-corrected chi connectivity index (χ4v) is 1.06. The molecule has 1 aromatic rings. The summed E-state index contributed by atoms with van der Waals surface area (Å²) in [5.41, 5.74) is 11.4. The normalized spacial score (nSPS) is 9.92. The van der Waals surface area contributed by atoms with Crippen molar-refractivity contribution in [1.29, 1.82) is 0 Å². The predicted molar refractivity (Wildman–Crippen MR) is 52.2 cm³/mol. The van der Waals surface area contributed by atoms with Crippen LogP contribution in [0.2, 0.25) is 0 Å². The zero-order valence-corrected chi connectivity index (χ0v) is 7.77. The summed E-state index contributed by atoms with van der Waals surface area (Å²) in [6.07, 6.45) is 5.62. The highest BCUT2D eigenvalue weighted by atomic mass is 15.0. The molecule has 1 heterocycles. The number of rotatable bonds is 4. The van der Waals surface area contributed by atoms with E-state index in [-0.39, 0.29) is 5.96 Å². The van der Waals surface area contributed by atoms with Crippen LogP contribution in [0.1, 0.15) is 12.1 Å². The molecule has 4 N–H and O–H groups in total. The molecule has 0 aromatic carbocycles. The van der Waals surface area contributed by atoms with Crippen molar-refractivity contribution >= 4 is 5.96 Å². The fourth-order valence-electron chi connectivity index (χ4n) is 1.06. The molecule has 0 aliphatic heterocycles. The van der Waals surface area contributed by atoms with Gasteiger partial charge in [-0.25, -0.2) is 4.98 Å². The van der Waals surface area contributed by atoms with Gasteiger partial charge in [-0.1, -0.05) is 0 Å². The van der Waals surface area contributed by atoms with Gasteiger partial charge in [0.05, 0.1) is 12.0 Å². The molecule has 0 amide bonds. The van der Waals surface area contributed by atoms with Crippen LogP contribution in [0.5, 0.6) is 0 Å². The monoisotopic (exact) mass is 181 g/mol. The summed E-state index contributed by atoms with van der Waals surface area (Å²) in [5.74, 6) is 0.154. The van der Waals surface area contributed by atoms with E-state index in [9.17, 15) is 0 Å². The highest BCUT2D eigenvalue weighted by molar-refractivity contribution is 5.75. The highest BCUT2D eigenvalue weighted by Gasteiger charge is 1.95. The molecule has 0 bridgehead atoms. The Morgan fingerprint density at radius 2 is 2.38 bits per heavy atom. The zero-order chi connectivity index (χ0) is 9.68. The standard InChI is InChI=1S/C8H15N5/c1-13-5-7(12-6-13)3-2-4-11-8(9)10/h5-6H,2-4H2,1H3,(H4,9,10,11). The Morgan fingerprint density at radius 1 is 1.62 bits per heavy atom. The van der Waals surface area contributed by atoms with Crippen LogP contribution in [0.4, 0.5) is 0 Å². The number of guanidine groups is 1. The van der Waals surface area contributed by atoms with E-state index in [4.69, 9.17) is 11.5 Å². The van der Waals surface area contributed by atoms with Crippen molar-refractivity contribution in [3.63, 3.8) is 0 Å². The first kappa shape index (κ1) is 9.57. The number of aliphatic imine (C=N–C) groups is 1. The second kappa shape index (κ2) is 4.49. The van der Waals surface area contributed by atoms with E-state index in [1.807, 2.05) is 17.8 Å². The summed E-state index contributed by atoms with van der Waals surface area (Å²) < 4.78 is 1.93. The van der Waals surface area contributed by atoms with Crippen molar-refractivity contribution < 1.29 is 0 Å². The third-order valence-electron chi connectivity index (χ3n) is 1.64. The van der Waals surface area contributed by atoms with Gasteiger partial charge in [-0.15, -0.1) is 0 Å². The van der Waals surface area contributed by atoms with E-state index < -0.39 is 0 Å². The van der Waals surface area contributed by atoms with Gasteiger partial charge >= 0.3 is 0 Å². The van der Waals surface area contributed by atoms with Crippen molar-refractivity contribution in [2.75, 3.05) is 6.54 Å². The van der Waals surface area contributed by atoms with Crippen LogP contribution in [0.25, 0.3) is 0 Å². The highest BCUT2D eigenvalue weighted by Crippen LogP contribution is 1.98. The molecule has 0 saturated heterocycles. The summed E-state index contributed by atoms with van der Waals surface area (Å²) >= 11 is 0. The first-order valence-corrected chi connectivity index (χ1v) is 4.20. The van der Waals surface area contributed by atoms with Gasteiger partial charge in [0.2, 0.25) is 0 Å². The molecule has 0 unspecified atom stereocenters. The van der Waals surface area contributed by atoms with Crippen molar-refractivity contribution in [2.24, 2.45) is 23.5 Å². The molecule has 0 spiro atoms. The van der Waals surface area contributed by atoms with Gasteiger partial charge in [0.25, 0.3) is 0 Å². The Hall–Kier alpha value is -1.52. The summed E-state index contributed by atoms with van der Waals surface area (Å²) in [5, 5.41) is 0. The maximum atomic E-state index is 5.18. The minimum Gasteiger partial charge on any atom is -0.370 e. The Kier molecular flexibility index (Phi) is 3.31. The van der Waals surface area contributed by atoms with Gasteiger partial charge in [-0.05, 0) is 12.8 Å². The second-order valence-electron chi connectivity index (χ2n) is 2.94. The molecule has 72 valence electrons. The quantitative estimate of drug-likeness (QED) is 0.377. The summed E-state index contributed by atoms with van der Waals surface area (Å²) in [6.45, 7) is 0.666. The van der Waals surface area contributed by atoms with E-state index in [0.29, 0.717) is 6.54 Å². The lowest BCUT2D eigenvalue weighted by Crippen LogP contribution is -2.23. The molecule has 1 rings (SSSR count). The van der Waals surface area contributed by atoms with Crippen LogP contribution < -0.4 is 11.5 Å². The third kappa shape index (κ3) is 3.59. The molecular formula is C8H15N5. The van der Waals surface area contributed by atoms with Gasteiger partial charge in [0, 0.05) is 19.8 Å². The lowest BCUT2D eigenvalue weighted by Gasteiger charge is -1.94. The Labute approximate surface area is 77.5 Å². The first-order valence-electron chi connectivity index (χ1n) is 4.20. The number of aryl methyl sites for hydroxylation is 2. The Bertz CT molecular complexity index is 284. The van der Waals surface area contributed by atoms with E-state index in [2.05, 4.69) is 9.98 Å². The van der Waals surface area contributed by atoms with Crippen LogP contribution in [0.3, 0.4) is 0 Å². The Balaban J connectivity index is 2.24. The number of hydrogen-bond acceptors (Lipinski definition) is 2. The van der Waals surface area contributed by atoms with Crippen LogP contribution in [0, 0.1) is 0 Å². The second-order valence-corrected chi connectivity index (χ2v) is 2.94. The number of nitrogens with zero attached hydrogens (tertiary/aromatic N) is 3. The van der Waals surface area contributed by atoms with Crippen LogP contribution >= 0.6 is 0 Å². The van der Waals surface area contributed by atoms with Gasteiger partial charge in [-0.2, -0.15) is 0 Å². The van der Waals surface area contributed by atoms with Crippen LogP contribution in [-0.4, -0.2) is 22.1 Å². The van der Waals surface area contributed by atoms with E-state index in [0.717, 1.165) is 18.5 Å². The minimum absolute atomic E-state index is 0.154. The molecule has 0 aliphatic carbocycles. The Morgan fingerprint density at radius 3 is 2.92 bits per heavy atom. The summed E-state index contributed by atoms with van der Waals surface area (Å²) in [7, 11) is 1.95. The number of imidazole rings is 1. The van der Waals surface area contributed by atoms with E-state index >= 15 is 0 Å². The van der Waals surface area contributed by atoms with Crippen LogP contribution in [0.15, 0.2) is 17.5 Å². The van der Waals surface area contributed by atoms with Crippen LogP contribution in [-0.2, 0) is 13.5 Å². The van der Waals surface area contributed by atoms with Crippen molar-refractivity contribution in [3.8, 4) is 0 Å². The topological polar surface area (TPSA) is 82.2 Å². The predicted octanol–water partition coefficient (Wildman–Crippen LogP) is -0.374. The molecule has 0 radical (unpaired) electrons. The average Bonchev–Trinajstić information content (AvgIpc) is 2.45. The number of hydrogen-bond donors (Lipinski definition) is 2. The number of nitrogens with two attached hydrogens (primary N) is 2. The zero-order valence-electron chi connectivity index (χ0n) is 7.77. The lowest BCUT2D eigenvalue weighted by atomic mass is 10.2. The molecule has 5 heteroatoms. The maximum Gasteiger partial charge on any atom is 0.185 e. The molecule has 5 nitrogen and oxygen atoms in total. The van der Waals surface area contributed by atoms with Crippen molar-refractivity contribution in [2.45, 2.75) is 12.8 Å². The molecule has 0 saturated carbocycles. The molecular weight excluding hydrogens is 166 g/mol. The maximum absolute atomic E-state index is 5.18. The van der Waals surface area contributed by atoms with Crippen molar-refractivity contribution in [3.05, 3.63) is 18.2 Å². The summed E-state index contributed by atoms with van der Waals surface area (Å²) in [4.78, 5) is 8.07. The molecule has 1 aromatic heterocycles. The molecule has 0 aliphatic rings. The average molecular weight is 181 g/mol. The van der Waals surface area contributed by atoms with Gasteiger partial charge in [0.15, 0.2) is 5.96 Å². The largest absolute Gasteiger partial charge is 0.370 e. The lowest BCUT2D eigenvalue weighted by molar-refractivity contribution is 0.813. The molecule has 13 heavy (non-hydrogen) atoms.